The molecule has 0 saturated heterocycles. The standard InChI is InChI=1S/C13H18Br3NO/c1-8(7-13(2,3)18-4)17-12-10(15)5-9(14)6-11(12)16/h5-6,8,17H,7H2,1-4H3. The van der Waals surface area contributed by atoms with Crippen LogP contribution in [0.1, 0.15) is 27.2 Å². The van der Waals surface area contributed by atoms with E-state index in [0.717, 1.165) is 25.5 Å². The summed E-state index contributed by atoms with van der Waals surface area (Å²) in [4.78, 5) is 0. The van der Waals surface area contributed by atoms with Gasteiger partial charge in [-0.25, -0.2) is 0 Å². The molecule has 0 aliphatic heterocycles. The van der Waals surface area contributed by atoms with Crippen LogP contribution in [0.2, 0.25) is 0 Å². The Morgan fingerprint density at radius 3 is 2.17 bits per heavy atom. The van der Waals surface area contributed by atoms with E-state index in [9.17, 15) is 0 Å². The van der Waals surface area contributed by atoms with Crippen LogP contribution in [0.15, 0.2) is 25.6 Å². The Bertz CT molecular complexity index is 398. The Morgan fingerprint density at radius 1 is 1.22 bits per heavy atom. The molecule has 102 valence electrons. The van der Waals surface area contributed by atoms with Gasteiger partial charge in [0.05, 0.1) is 11.3 Å². The lowest BCUT2D eigenvalue weighted by Crippen LogP contribution is -2.31. The highest BCUT2D eigenvalue weighted by molar-refractivity contribution is 9.11. The van der Waals surface area contributed by atoms with Crippen molar-refractivity contribution in [2.75, 3.05) is 12.4 Å². The number of halogens is 3. The summed E-state index contributed by atoms with van der Waals surface area (Å²) in [6.07, 6.45) is 0.929. The summed E-state index contributed by atoms with van der Waals surface area (Å²) in [7, 11) is 1.75. The molecule has 1 aromatic rings. The van der Waals surface area contributed by atoms with Crippen molar-refractivity contribution in [3.05, 3.63) is 25.6 Å². The molecule has 0 aliphatic carbocycles. The minimum atomic E-state index is -0.124. The summed E-state index contributed by atoms with van der Waals surface area (Å²) in [5, 5.41) is 3.50. The van der Waals surface area contributed by atoms with E-state index in [0.29, 0.717) is 6.04 Å². The Hall–Kier alpha value is 0.420. The van der Waals surface area contributed by atoms with Gasteiger partial charge in [0, 0.05) is 26.6 Å². The molecule has 1 N–H and O–H groups in total. The predicted octanol–water partition coefficient (Wildman–Crippen LogP) is 5.59. The van der Waals surface area contributed by atoms with Gasteiger partial charge in [-0.1, -0.05) is 15.9 Å². The molecular weight excluding hydrogens is 426 g/mol. The molecule has 1 unspecified atom stereocenters. The summed E-state index contributed by atoms with van der Waals surface area (Å²) in [5.74, 6) is 0. The van der Waals surface area contributed by atoms with Crippen molar-refractivity contribution in [2.45, 2.75) is 38.8 Å². The van der Waals surface area contributed by atoms with Crippen molar-refractivity contribution < 1.29 is 4.74 Å². The van der Waals surface area contributed by atoms with Crippen molar-refractivity contribution in [3.63, 3.8) is 0 Å². The monoisotopic (exact) mass is 441 g/mol. The topological polar surface area (TPSA) is 21.3 Å². The second-order valence-corrected chi connectivity index (χ2v) is 7.58. The number of anilines is 1. The zero-order valence-electron chi connectivity index (χ0n) is 11.0. The zero-order valence-corrected chi connectivity index (χ0v) is 15.7. The van der Waals surface area contributed by atoms with Crippen LogP contribution in [0.4, 0.5) is 5.69 Å². The lowest BCUT2D eigenvalue weighted by molar-refractivity contribution is 0.0128. The number of hydrogen-bond donors (Lipinski definition) is 1. The van der Waals surface area contributed by atoms with Gasteiger partial charge >= 0.3 is 0 Å². The lowest BCUT2D eigenvalue weighted by Gasteiger charge is -2.28. The molecule has 0 amide bonds. The van der Waals surface area contributed by atoms with Crippen LogP contribution >= 0.6 is 47.8 Å². The van der Waals surface area contributed by atoms with Crippen LogP contribution in [-0.2, 0) is 4.74 Å². The number of ether oxygens (including phenoxy) is 1. The highest BCUT2D eigenvalue weighted by atomic mass is 79.9. The third-order valence-corrected chi connectivity index (χ3v) is 4.46. The van der Waals surface area contributed by atoms with E-state index in [4.69, 9.17) is 4.74 Å². The van der Waals surface area contributed by atoms with Gasteiger partial charge in [-0.2, -0.15) is 0 Å². The van der Waals surface area contributed by atoms with Crippen molar-refractivity contribution in [3.8, 4) is 0 Å². The van der Waals surface area contributed by atoms with Crippen molar-refractivity contribution in [1.82, 2.24) is 0 Å². The van der Waals surface area contributed by atoms with Crippen LogP contribution in [0.3, 0.4) is 0 Å². The van der Waals surface area contributed by atoms with Gasteiger partial charge in [-0.05, 0) is 71.2 Å². The van der Waals surface area contributed by atoms with Gasteiger partial charge < -0.3 is 10.1 Å². The first-order valence-electron chi connectivity index (χ1n) is 5.71. The lowest BCUT2D eigenvalue weighted by atomic mass is 10.00. The molecule has 18 heavy (non-hydrogen) atoms. The minimum absolute atomic E-state index is 0.124. The van der Waals surface area contributed by atoms with Crippen LogP contribution in [0.25, 0.3) is 0 Å². The number of hydrogen-bond acceptors (Lipinski definition) is 2. The maximum Gasteiger partial charge on any atom is 0.0642 e. The zero-order chi connectivity index (χ0) is 13.9. The van der Waals surface area contributed by atoms with E-state index in [1.807, 2.05) is 12.1 Å². The normalized spacial score (nSPS) is 13.5. The Balaban J connectivity index is 2.79. The fourth-order valence-corrected chi connectivity index (χ4v) is 4.29. The van der Waals surface area contributed by atoms with Crippen LogP contribution < -0.4 is 5.32 Å². The fraction of sp³-hybridized carbons (Fsp3) is 0.538. The van der Waals surface area contributed by atoms with Gasteiger partial charge in [0.2, 0.25) is 0 Å². The van der Waals surface area contributed by atoms with E-state index in [1.165, 1.54) is 0 Å². The molecule has 0 saturated carbocycles. The van der Waals surface area contributed by atoms with Crippen molar-refractivity contribution in [1.29, 1.82) is 0 Å². The Kier molecular flexibility index (Phi) is 6.16. The van der Waals surface area contributed by atoms with Crippen molar-refractivity contribution >= 4 is 53.5 Å². The van der Waals surface area contributed by atoms with E-state index in [1.54, 1.807) is 7.11 Å². The van der Waals surface area contributed by atoms with E-state index in [2.05, 4.69) is 73.9 Å². The second kappa shape index (κ2) is 6.73. The molecule has 1 rings (SSSR count). The molecule has 0 bridgehead atoms. The average molecular weight is 444 g/mol. The molecule has 0 fully saturated rings. The first-order chi connectivity index (χ1) is 8.25. The van der Waals surface area contributed by atoms with Crippen LogP contribution in [0, 0.1) is 0 Å². The quantitative estimate of drug-likeness (QED) is 0.640. The summed E-state index contributed by atoms with van der Waals surface area (Å²) >= 11 is 10.6. The number of methoxy groups -OCH3 is 1. The van der Waals surface area contributed by atoms with E-state index < -0.39 is 0 Å². The summed E-state index contributed by atoms with van der Waals surface area (Å²) in [5.41, 5.74) is 0.943. The predicted molar refractivity (Wildman–Crippen MR) is 88.3 cm³/mol. The first-order valence-corrected chi connectivity index (χ1v) is 8.09. The molecule has 5 heteroatoms. The SMILES string of the molecule is COC(C)(C)CC(C)Nc1c(Br)cc(Br)cc1Br. The van der Waals surface area contributed by atoms with Gasteiger partial charge in [0.15, 0.2) is 0 Å². The van der Waals surface area contributed by atoms with Gasteiger partial charge in [0.1, 0.15) is 0 Å². The maximum absolute atomic E-state index is 5.45. The number of rotatable bonds is 5. The summed E-state index contributed by atoms with van der Waals surface area (Å²) in [6, 6.07) is 4.37. The maximum atomic E-state index is 5.45. The summed E-state index contributed by atoms with van der Waals surface area (Å²) in [6.45, 7) is 6.34. The third kappa shape index (κ3) is 4.83. The Morgan fingerprint density at radius 2 is 1.72 bits per heavy atom. The number of nitrogens with one attached hydrogen (secondary N) is 1. The largest absolute Gasteiger partial charge is 0.381 e. The van der Waals surface area contributed by atoms with E-state index in [-0.39, 0.29) is 5.60 Å². The second-order valence-electron chi connectivity index (χ2n) is 4.96. The van der Waals surface area contributed by atoms with E-state index >= 15 is 0 Å². The average Bonchev–Trinajstić information content (AvgIpc) is 2.22. The highest BCUT2D eigenvalue weighted by Gasteiger charge is 2.21. The smallest absolute Gasteiger partial charge is 0.0642 e. The van der Waals surface area contributed by atoms with Gasteiger partial charge in [-0.3, -0.25) is 0 Å². The third-order valence-electron chi connectivity index (χ3n) is 2.75. The molecule has 0 aliphatic rings. The molecule has 0 heterocycles. The molecule has 1 aromatic carbocycles. The van der Waals surface area contributed by atoms with Crippen LogP contribution in [-0.4, -0.2) is 18.8 Å². The molecule has 1 atom stereocenters. The molecule has 0 spiro atoms. The fourth-order valence-electron chi connectivity index (χ4n) is 1.80. The number of benzene rings is 1. The summed E-state index contributed by atoms with van der Waals surface area (Å²) < 4.78 is 8.56. The molecule has 0 radical (unpaired) electrons. The Labute approximate surface area is 134 Å². The molecular formula is C13H18Br3NO. The van der Waals surface area contributed by atoms with Crippen molar-refractivity contribution in [2.24, 2.45) is 0 Å². The van der Waals surface area contributed by atoms with Gasteiger partial charge in [-0.15, -0.1) is 0 Å². The minimum Gasteiger partial charge on any atom is -0.381 e. The first kappa shape index (κ1) is 16.5. The van der Waals surface area contributed by atoms with Gasteiger partial charge in [0.25, 0.3) is 0 Å². The van der Waals surface area contributed by atoms with Crippen LogP contribution in [0.5, 0.6) is 0 Å². The highest BCUT2D eigenvalue weighted by Crippen LogP contribution is 2.35. The molecule has 0 aromatic heterocycles. The molecule has 2 nitrogen and oxygen atoms in total.